The number of carbonyl (C=O) groups is 1. The minimum absolute atomic E-state index is 0.00663. The summed E-state index contributed by atoms with van der Waals surface area (Å²) in [7, 11) is 0. The van der Waals surface area contributed by atoms with Crippen molar-refractivity contribution in [1.82, 2.24) is 5.16 Å². The summed E-state index contributed by atoms with van der Waals surface area (Å²) in [5.74, 6) is 0.792. The lowest BCUT2D eigenvalue weighted by Gasteiger charge is -2.22. The van der Waals surface area contributed by atoms with Gasteiger partial charge >= 0.3 is 0 Å². The zero-order chi connectivity index (χ0) is 19.0. The maximum Gasteiger partial charge on any atom is 0.263 e. The normalized spacial score (nSPS) is 15.2. The molecule has 1 aliphatic rings. The second-order valence-electron chi connectivity index (χ2n) is 6.80. The topological polar surface area (TPSA) is 46.3 Å². The molecule has 1 aromatic heterocycles. The first-order valence-electron chi connectivity index (χ1n) is 9.28. The highest BCUT2D eigenvalue weighted by Gasteiger charge is 2.36. The van der Waals surface area contributed by atoms with E-state index in [0.717, 1.165) is 57.9 Å². The lowest BCUT2D eigenvalue weighted by molar-refractivity contribution is 0.101. The fraction of sp³-hybridized carbons (Fsp3) is 0.217. The molecule has 0 aliphatic carbocycles. The number of benzene rings is 2. The van der Waals surface area contributed by atoms with Gasteiger partial charge in [-0.2, -0.15) is 0 Å². The van der Waals surface area contributed by atoms with Crippen LogP contribution in [0.3, 0.4) is 0 Å². The number of amides is 1. The lowest BCUT2D eigenvalue weighted by atomic mass is 9.94. The van der Waals surface area contributed by atoms with Crippen LogP contribution in [-0.4, -0.2) is 11.1 Å². The Morgan fingerprint density at radius 1 is 1.00 bits per heavy atom. The molecule has 4 heteroatoms. The van der Waals surface area contributed by atoms with E-state index in [1.54, 1.807) is 0 Å². The van der Waals surface area contributed by atoms with E-state index in [4.69, 9.17) is 4.52 Å². The SMILES string of the molecule is CCC/C(=C1/c2ccccc2C(=O)N1c1ccccc1)c1c(C)noc1C. The number of hydrogen-bond acceptors (Lipinski definition) is 3. The van der Waals surface area contributed by atoms with E-state index in [9.17, 15) is 4.79 Å². The quantitative estimate of drug-likeness (QED) is 0.608. The highest BCUT2D eigenvalue weighted by Crippen LogP contribution is 2.43. The van der Waals surface area contributed by atoms with Crippen molar-refractivity contribution < 1.29 is 9.32 Å². The van der Waals surface area contributed by atoms with Gasteiger partial charge < -0.3 is 4.52 Å². The van der Waals surface area contributed by atoms with E-state index in [2.05, 4.69) is 12.1 Å². The average molecular weight is 358 g/mol. The highest BCUT2D eigenvalue weighted by molar-refractivity contribution is 6.26. The van der Waals surface area contributed by atoms with E-state index >= 15 is 0 Å². The van der Waals surface area contributed by atoms with Gasteiger partial charge in [0.2, 0.25) is 0 Å². The molecule has 3 aromatic rings. The van der Waals surface area contributed by atoms with Crippen LogP contribution in [0.4, 0.5) is 5.69 Å². The molecule has 0 fully saturated rings. The maximum atomic E-state index is 13.3. The van der Waals surface area contributed by atoms with Gasteiger partial charge in [0.25, 0.3) is 5.91 Å². The molecule has 0 saturated carbocycles. The number of aromatic nitrogens is 1. The molecule has 2 heterocycles. The molecule has 0 bridgehead atoms. The van der Waals surface area contributed by atoms with Crippen LogP contribution in [0.15, 0.2) is 59.1 Å². The molecule has 4 nitrogen and oxygen atoms in total. The van der Waals surface area contributed by atoms with Gasteiger partial charge in [-0.15, -0.1) is 0 Å². The van der Waals surface area contributed by atoms with Crippen LogP contribution < -0.4 is 4.90 Å². The largest absolute Gasteiger partial charge is 0.361 e. The summed E-state index contributed by atoms with van der Waals surface area (Å²) >= 11 is 0. The fourth-order valence-electron chi connectivity index (χ4n) is 3.87. The monoisotopic (exact) mass is 358 g/mol. The number of carbonyl (C=O) groups excluding carboxylic acids is 1. The predicted octanol–water partition coefficient (Wildman–Crippen LogP) is 5.62. The number of nitrogens with zero attached hydrogens (tertiary/aromatic N) is 2. The summed E-state index contributed by atoms with van der Waals surface area (Å²) in [5.41, 5.74) is 6.49. The second-order valence-corrected chi connectivity index (χ2v) is 6.80. The first kappa shape index (κ1) is 17.3. The molecule has 0 saturated heterocycles. The Morgan fingerprint density at radius 2 is 1.67 bits per heavy atom. The second kappa shape index (κ2) is 6.88. The Hall–Kier alpha value is -3.14. The number of anilines is 1. The molecule has 1 amide bonds. The standard InChI is InChI=1S/C23H22N2O2/c1-4-10-20(21-15(2)24-27-16(21)3)22-18-13-8-9-14-19(18)23(26)25(22)17-11-6-5-7-12-17/h5-9,11-14H,4,10H2,1-3H3/b22-20+. The van der Waals surface area contributed by atoms with Gasteiger partial charge in [-0.1, -0.05) is 54.9 Å². The molecule has 2 aromatic carbocycles. The fourth-order valence-corrected chi connectivity index (χ4v) is 3.87. The maximum absolute atomic E-state index is 13.3. The molecule has 0 unspecified atom stereocenters. The minimum Gasteiger partial charge on any atom is -0.361 e. The predicted molar refractivity (Wildman–Crippen MR) is 107 cm³/mol. The van der Waals surface area contributed by atoms with Crippen LogP contribution in [0.2, 0.25) is 0 Å². The third-order valence-corrected chi connectivity index (χ3v) is 4.97. The first-order valence-corrected chi connectivity index (χ1v) is 9.28. The molecule has 27 heavy (non-hydrogen) atoms. The van der Waals surface area contributed by atoms with Crippen LogP contribution in [0.1, 0.15) is 52.7 Å². The first-order chi connectivity index (χ1) is 13.1. The van der Waals surface area contributed by atoms with Crippen LogP contribution >= 0.6 is 0 Å². The van der Waals surface area contributed by atoms with Gasteiger partial charge in [-0.3, -0.25) is 9.69 Å². The Balaban J connectivity index is 2.06. The smallest absolute Gasteiger partial charge is 0.263 e. The number of rotatable bonds is 4. The molecule has 0 radical (unpaired) electrons. The van der Waals surface area contributed by atoms with Gasteiger partial charge in [0, 0.05) is 22.4 Å². The molecule has 0 atom stereocenters. The van der Waals surface area contributed by atoms with Gasteiger partial charge in [0.05, 0.1) is 11.4 Å². The third kappa shape index (κ3) is 2.78. The zero-order valence-corrected chi connectivity index (χ0v) is 15.8. The van der Waals surface area contributed by atoms with E-state index in [1.807, 2.05) is 73.3 Å². The van der Waals surface area contributed by atoms with Crippen LogP contribution in [-0.2, 0) is 0 Å². The average Bonchev–Trinajstić information content (AvgIpc) is 3.18. The van der Waals surface area contributed by atoms with Crippen molar-refractivity contribution in [3.63, 3.8) is 0 Å². The minimum atomic E-state index is 0.00663. The molecule has 0 N–H and O–H groups in total. The molecular weight excluding hydrogens is 336 g/mol. The molecule has 136 valence electrons. The summed E-state index contributed by atoms with van der Waals surface area (Å²) in [6.07, 6.45) is 1.80. The van der Waals surface area contributed by atoms with E-state index in [1.165, 1.54) is 0 Å². The molecule has 1 aliphatic heterocycles. The molecular formula is C23H22N2O2. The van der Waals surface area contributed by atoms with Crippen molar-refractivity contribution in [2.24, 2.45) is 0 Å². The van der Waals surface area contributed by atoms with Crippen molar-refractivity contribution in [1.29, 1.82) is 0 Å². The van der Waals surface area contributed by atoms with Gasteiger partial charge in [0.1, 0.15) is 5.76 Å². The summed E-state index contributed by atoms with van der Waals surface area (Å²) in [5, 5.41) is 4.15. The number of para-hydroxylation sites is 1. The van der Waals surface area contributed by atoms with Crippen LogP contribution in [0.5, 0.6) is 0 Å². The summed E-state index contributed by atoms with van der Waals surface area (Å²) in [4.78, 5) is 15.1. The van der Waals surface area contributed by atoms with Crippen molar-refractivity contribution in [3.8, 4) is 0 Å². The zero-order valence-electron chi connectivity index (χ0n) is 15.8. The Kier molecular flexibility index (Phi) is 4.40. The van der Waals surface area contributed by atoms with E-state index in [-0.39, 0.29) is 5.91 Å². The number of allylic oxidation sites excluding steroid dienone is 1. The van der Waals surface area contributed by atoms with Gasteiger partial charge in [0.15, 0.2) is 0 Å². The number of hydrogen-bond donors (Lipinski definition) is 0. The molecule has 0 spiro atoms. The Labute approximate surface area is 159 Å². The summed E-state index contributed by atoms with van der Waals surface area (Å²) in [6, 6.07) is 17.6. The lowest BCUT2D eigenvalue weighted by Crippen LogP contribution is -2.23. The van der Waals surface area contributed by atoms with Gasteiger partial charge in [-0.05, 0) is 44.0 Å². The highest BCUT2D eigenvalue weighted by atomic mass is 16.5. The Morgan fingerprint density at radius 3 is 2.30 bits per heavy atom. The van der Waals surface area contributed by atoms with Crippen molar-refractivity contribution in [2.75, 3.05) is 4.90 Å². The third-order valence-electron chi connectivity index (χ3n) is 4.97. The van der Waals surface area contributed by atoms with E-state index < -0.39 is 0 Å². The number of aryl methyl sites for hydroxylation is 2. The van der Waals surface area contributed by atoms with Crippen molar-refractivity contribution in [3.05, 3.63) is 82.7 Å². The number of fused-ring (bicyclic) bond motifs is 1. The Bertz CT molecular complexity index is 1010. The van der Waals surface area contributed by atoms with Crippen molar-refractivity contribution >= 4 is 22.9 Å². The van der Waals surface area contributed by atoms with Crippen LogP contribution in [0.25, 0.3) is 11.3 Å². The summed E-state index contributed by atoms with van der Waals surface area (Å²) in [6.45, 7) is 6.03. The van der Waals surface area contributed by atoms with Crippen molar-refractivity contribution in [2.45, 2.75) is 33.6 Å². The van der Waals surface area contributed by atoms with Gasteiger partial charge in [-0.25, -0.2) is 0 Å². The molecule has 4 rings (SSSR count). The van der Waals surface area contributed by atoms with Crippen LogP contribution in [0, 0.1) is 13.8 Å². The van der Waals surface area contributed by atoms with E-state index in [0.29, 0.717) is 0 Å². The summed E-state index contributed by atoms with van der Waals surface area (Å²) < 4.78 is 5.45.